The van der Waals surface area contributed by atoms with Crippen LogP contribution >= 0.6 is 0 Å². The number of rotatable bonds is 6. The van der Waals surface area contributed by atoms with E-state index in [0.717, 1.165) is 24.8 Å². The highest BCUT2D eigenvalue weighted by Gasteiger charge is 2.26. The van der Waals surface area contributed by atoms with E-state index < -0.39 is 0 Å². The van der Waals surface area contributed by atoms with Crippen LogP contribution in [0.2, 0.25) is 0 Å². The van der Waals surface area contributed by atoms with Crippen molar-refractivity contribution in [3.8, 4) is 17.2 Å². The fourth-order valence-corrected chi connectivity index (χ4v) is 4.21. The van der Waals surface area contributed by atoms with Crippen LogP contribution in [0.25, 0.3) is 0 Å². The first-order chi connectivity index (χ1) is 15.1. The van der Waals surface area contributed by atoms with Gasteiger partial charge >= 0.3 is 0 Å². The topological polar surface area (TPSA) is 74.6 Å². The summed E-state index contributed by atoms with van der Waals surface area (Å²) in [6.45, 7) is 1.95. The number of anilines is 1. The Bertz CT molecular complexity index is 1080. The largest absolute Gasteiger partial charge is 0.493 e. The molecule has 1 N–H and O–H groups in total. The van der Waals surface area contributed by atoms with Gasteiger partial charge in [0.15, 0.2) is 11.5 Å². The molecule has 1 aliphatic rings. The van der Waals surface area contributed by atoms with Gasteiger partial charge in [-0.3, -0.25) is 4.79 Å². The van der Waals surface area contributed by atoms with Crippen molar-refractivity contribution in [3.63, 3.8) is 0 Å². The minimum absolute atomic E-state index is 0.0916. The van der Waals surface area contributed by atoms with E-state index in [9.17, 15) is 4.79 Å². The summed E-state index contributed by atoms with van der Waals surface area (Å²) in [6.07, 6.45) is 4.92. The zero-order valence-electron chi connectivity index (χ0n) is 18.3. The van der Waals surface area contributed by atoms with Crippen molar-refractivity contribution in [2.45, 2.75) is 32.2 Å². The van der Waals surface area contributed by atoms with Gasteiger partial charge < -0.3 is 19.5 Å². The Kier molecular flexibility index (Phi) is 5.84. The van der Waals surface area contributed by atoms with Crippen LogP contribution in [-0.4, -0.2) is 37.0 Å². The molecule has 3 aromatic rings. The number of nitrogens with zero attached hydrogens (tertiary/aromatic N) is 2. The minimum Gasteiger partial charge on any atom is -0.493 e. The average molecular weight is 421 g/mol. The van der Waals surface area contributed by atoms with Gasteiger partial charge in [-0.15, -0.1) is 0 Å². The monoisotopic (exact) mass is 421 g/mol. The first kappa shape index (κ1) is 20.8. The van der Waals surface area contributed by atoms with E-state index in [4.69, 9.17) is 14.2 Å². The zero-order chi connectivity index (χ0) is 22.0. The van der Waals surface area contributed by atoms with E-state index in [0.29, 0.717) is 28.6 Å². The summed E-state index contributed by atoms with van der Waals surface area (Å²) < 4.78 is 18.1. The summed E-state index contributed by atoms with van der Waals surface area (Å²) in [5, 5.41) is 7.67. The van der Waals surface area contributed by atoms with Crippen LogP contribution in [0.15, 0.2) is 42.6 Å². The van der Waals surface area contributed by atoms with Crippen molar-refractivity contribution in [2.75, 3.05) is 26.6 Å². The average Bonchev–Trinajstić information content (AvgIpc) is 3.17. The van der Waals surface area contributed by atoms with Crippen molar-refractivity contribution >= 4 is 11.7 Å². The summed E-state index contributed by atoms with van der Waals surface area (Å²) in [5.74, 6) is 1.73. The number of carbonyl (C=O) groups is 1. The first-order valence-electron chi connectivity index (χ1n) is 10.3. The molecule has 1 unspecified atom stereocenters. The number of methoxy groups -OCH3 is 3. The molecule has 7 heteroatoms. The van der Waals surface area contributed by atoms with Gasteiger partial charge in [0.2, 0.25) is 5.75 Å². The number of hydrogen-bond donors (Lipinski definition) is 1. The lowest BCUT2D eigenvalue weighted by molar-refractivity contribution is 0.102. The van der Waals surface area contributed by atoms with Crippen molar-refractivity contribution in [1.29, 1.82) is 0 Å². The highest BCUT2D eigenvalue weighted by Crippen LogP contribution is 2.39. The molecule has 7 nitrogen and oxygen atoms in total. The maximum atomic E-state index is 13.2. The summed E-state index contributed by atoms with van der Waals surface area (Å²) in [7, 11) is 4.58. The molecule has 31 heavy (non-hydrogen) atoms. The van der Waals surface area contributed by atoms with Crippen molar-refractivity contribution in [3.05, 3.63) is 64.8 Å². The van der Waals surface area contributed by atoms with Crippen LogP contribution in [-0.2, 0) is 6.42 Å². The highest BCUT2D eigenvalue weighted by molar-refractivity contribution is 6.05. The van der Waals surface area contributed by atoms with Crippen LogP contribution in [0.5, 0.6) is 17.2 Å². The number of fused-ring (bicyclic) bond motifs is 1. The number of aromatic nitrogens is 2. The summed E-state index contributed by atoms with van der Waals surface area (Å²) in [4.78, 5) is 13.2. The van der Waals surface area contributed by atoms with E-state index in [-0.39, 0.29) is 11.9 Å². The predicted molar refractivity (Wildman–Crippen MR) is 119 cm³/mol. The molecule has 0 saturated heterocycles. The lowest BCUT2D eigenvalue weighted by Gasteiger charge is -2.27. The zero-order valence-corrected chi connectivity index (χ0v) is 18.3. The number of amides is 1. The van der Waals surface area contributed by atoms with Gasteiger partial charge in [-0.25, -0.2) is 4.68 Å². The number of ether oxygens (including phenoxy) is 3. The second-order valence-corrected chi connectivity index (χ2v) is 7.60. The SMILES string of the molecule is COc1cc(C(=O)Nc2c(C)cnn2C2CCCc3ccccc32)cc(OC)c1OC. The molecular formula is C24H27N3O4. The summed E-state index contributed by atoms with van der Waals surface area (Å²) in [5.41, 5.74) is 3.92. The first-order valence-corrected chi connectivity index (χ1v) is 10.3. The van der Waals surface area contributed by atoms with E-state index in [1.165, 1.54) is 32.5 Å². The van der Waals surface area contributed by atoms with Gasteiger partial charge in [-0.05, 0) is 49.4 Å². The molecule has 1 atom stereocenters. The van der Waals surface area contributed by atoms with Crippen molar-refractivity contribution in [2.24, 2.45) is 0 Å². The molecule has 4 rings (SSSR count). The summed E-state index contributed by atoms with van der Waals surface area (Å²) >= 11 is 0. The third-order valence-electron chi connectivity index (χ3n) is 5.77. The van der Waals surface area contributed by atoms with E-state index in [2.05, 4.69) is 34.7 Å². The molecule has 1 aromatic heterocycles. The second kappa shape index (κ2) is 8.71. The standard InChI is InChI=1S/C24H27N3O4/c1-15-14-25-27(19-11-7-9-16-8-5-6-10-18(16)19)23(15)26-24(28)17-12-20(29-2)22(31-4)21(13-17)30-3/h5-6,8,10,12-14,19H,7,9,11H2,1-4H3,(H,26,28). The third-order valence-corrected chi connectivity index (χ3v) is 5.77. The lowest BCUT2D eigenvalue weighted by Crippen LogP contribution is -2.22. The van der Waals surface area contributed by atoms with E-state index >= 15 is 0 Å². The summed E-state index contributed by atoms with van der Waals surface area (Å²) in [6, 6.07) is 11.8. The van der Waals surface area contributed by atoms with Crippen LogP contribution in [0, 0.1) is 6.92 Å². The Morgan fingerprint density at radius 2 is 1.81 bits per heavy atom. The molecule has 1 heterocycles. The Balaban J connectivity index is 1.68. The maximum absolute atomic E-state index is 13.2. The smallest absolute Gasteiger partial charge is 0.257 e. The Morgan fingerprint density at radius 3 is 2.48 bits per heavy atom. The Labute approximate surface area is 181 Å². The minimum atomic E-state index is -0.270. The van der Waals surface area contributed by atoms with Gasteiger partial charge in [-0.2, -0.15) is 5.10 Å². The molecule has 1 aliphatic carbocycles. The number of carbonyl (C=O) groups excluding carboxylic acids is 1. The quantitative estimate of drug-likeness (QED) is 0.639. The molecule has 2 aromatic carbocycles. The van der Waals surface area contributed by atoms with E-state index in [1.54, 1.807) is 18.3 Å². The van der Waals surface area contributed by atoms with E-state index in [1.807, 2.05) is 11.6 Å². The number of hydrogen-bond acceptors (Lipinski definition) is 5. The molecule has 162 valence electrons. The fourth-order valence-electron chi connectivity index (χ4n) is 4.21. The Morgan fingerprint density at radius 1 is 1.10 bits per heavy atom. The van der Waals surface area contributed by atoms with Crippen molar-refractivity contribution in [1.82, 2.24) is 9.78 Å². The predicted octanol–water partition coefficient (Wildman–Crippen LogP) is 4.40. The van der Waals surface area contributed by atoms with Gasteiger partial charge in [0.25, 0.3) is 5.91 Å². The lowest BCUT2D eigenvalue weighted by atomic mass is 9.88. The number of benzene rings is 2. The maximum Gasteiger partial charge on any atom is 0.257 e. The molecule has 0 saturated carbocycles. The molecule has 0 aliphatic heterocycles. The Hall–Kier alpha value is -3.48. The molecule has 0 fully saturated rings. The number of nitrogens with one attached hydrogen (secondary N) is 1. The highest BCUT2D eigenvalue weighted by atomic mass is 16.5. The number of aryl methyl sites for hydroxylation is 2. The molecule has 0 spiro atoms. The van der Waals surface area contributed by atoms with Gasteiger partial charge in [0, 0.05) is 11.1 Å². The second-order valence-electron chi connectivity index (χ2n) is 7.60. The molecule has 1 amide bonds. The molecule has 0 radical (unpaired) electrons. The van der Waals surface area contributed by atoms with Gasteiger partial charge in [0.05, 0.1) is 33.6 Å². The molecule has 0 bridgehead atoms. The van der Waals surface area contributed by atoms with Crippen LogP contribution < -0.4 is 19.5 Å². The fraction of sp³-hybridized carbons (Fsp3) is 0.333. The van der Waals surface area contributed by atoms with Gasteiger partial charge in [0.1, 0.15) is 5.82 Å². The normalized spacial score (nSPS) is 15.2. The van der Waals surface area contributed by atoms with Crippen molar-refractivity contribution < 1.29 is 19.0 Å². The van der Waals surface area contributed by atoms with Crippen LogP contribution in [0.3, 0.4) is 0 Å². The molecular weight excluding hydrogens is 394 g/mol. The van der Waals surface area contributed by atoms with Crippen LogP contribution in [0.4, 0.5) is 5.82 Å². The third kappa shape index (κ3) is 3.83. The van der Waals surface area contributed by atoms with Crippen LogP contribution in [0.1, 0.15) is 45.9 Å². The van der Waals surface area contributed by atoms with Gasteiger partial charge in [-0.1, -0.05) is 24.3 Å².